The molecule has 0 saturated heterocycles. The van der Waals surface area contributed by atoms with Gasteiger partial charge in [-0.3, -0.25) is 0 Å². The van der Waals surface area contributed by atoms with Crippen molar-refractivity contribution in [3.63, 3.8) is 0 Å². The van der Waals surface area contributed by atoms with Crippen LogP contribution in [0.4, 0.5) is 51.8 Å². The van der Waals surface area contributed by atoms with E-state index in [1.807, 2.05) is 0 Å². The molecule has 0 atom stereocenters. The molecule has 3 nitrogen and oxygen atoms in total. The summed E-state index contributed by atoms with van der Waals surface area (Å²) < 4.78 is 124. The van der Waals surface area contributed by atoms with Crippen LogP contribution in [-0.2, 0) is 20.1 Å². The summed E-state index contributed by atoms with van der Waals surface area (Å²) in [6.45, 7) is 6.74. The van der Waals surface area contributed by atoms with Gasteiger partial charge in [0.1, 0.15) is 20.1 Å². The Bertz CT molecular complexity index is 1180. The number of nitrogens with zero attached hydrogens (tertiary/aromatic N) is 3. The van der Waals surface area contributed by atoms with E-state index >= 15 is 0 Å². The Hall–Kier alpha value is -3.20. The Morgan fingerprint density at radius 2 is 0.804 bits per heavy atom. The average molecular weight is 679 g/mol. The van der Waals surface area contributed by atoms with Crippen LogP contribution in [0.15, 0.2) is 67.4 Å². The molecule has 0 fully saturated rings. The Balaban J connectivity index is 0.00000112. The SMILES string of the molecule is CCCCCC[n+]1ccc(-c2ccc(-c3cc[n+](CCCCCC)cc3)[n+](C)c2)cc1.F[B-](F)(F)F.F[B-](F)(F)F.F[B-](F)(F)F. The van der Waals surface area contributed by atoms with Crippen molar-refractivity contribution < 1.29 is 65.5 Å². The zero-order valence-electron chi connectivity index (χ0n) is 26.0. The van der Waals surface area contributed by atoms with Gasteiger partial charge >= 0.3 is 21.8 Å². The standard InChI is InChI=1S/C28H40N3.3BF4/c1-4-6-8-10-18-30-20-14-25(15-21-30)27-12-13-28(29(3)24-27)26-16-22-31(23-17-26)19-11-9-7-5-2;3*2-1(3,4)5/h12-17,20-24H,4-11,18-19H2,1-3H3;;;/q+3;3*-1. The number of hydrogen-bond acceptors (Lipinski definition) is 0. The van der Waals surface area contributed by atoms with E-state index < -0.39 is 21.8 Å². The first-order valence-electron chi connectivity index (χ1n) is 14.8. The van der Waals surface area contributed by atoms with E-state index in [-0.39, 0.29) is 0 Å². The second-order valence-electron chi connectivity index (χ2n) is 10.2. The second-order valence-corrected chi connectivity index (χ2v) is 10.2. The molecule has 0 aromatic carbocycles. The normalized spacial score (nSPS) is 11.4. The molecule has 0 N–H and O–H groups in total. The van der Waals surface area contributed by atoms with Gasteiger partial charge in [-0.15, -0.1) is 0 Å². The topological polar surface area (TPSA) is 11.6 Å². The van der Waals surface area contributed by atoms with Crippen molar-refractivity contribution in [3.05, 3.63) is 67.4 Å². The molecule has 0 saturated carbocycles. The molecule has 3 aromatic heterocycles. The van der Waals surface area contributed by atoms with Crippen molar-refractivity contribution in [1.29, 1.82) is 0 Å². The van der Waals surface area contributed by atoms with Crippen LogP contribution in [0.5, 0.6) is 0 Å². The lowest BCUT2D eigenvalue weighted by atomic mass is 10.1. The molecule has 0 aliphatic carbocycles. The van der Waals surface area contributed by atoms with Crippen molar-refractivity contribution in [2.24, 2.45) is 7.05 Å². The molecule has 260 valence electrons. The summed E-state index contributed by atoms with van der Waals surface area (Å²) in [6, 6.07) is 13.4. The molecule has 0 amide bonds. The Labute approximate surface area is 262 Å². The molecule has 46 heavy (non-hydrogen) atoms. The first kappa shape index (κ1) is 42.8. The molecule has 0 aliphatic heterocycles. The summed E-state index contributed by atoms with van der Waals surface area (Å²) in [5, 5.41) is 0. The highest BCUT2D eigenvalue weighted by molar-refractivity contribution is 6.50. The molecule has 3 aromatic rings. The zero-order chi connectivity index (χ0) is 35.4. The average Bonchev–Trinajstić information content (AvgIpc) is 2.92. The van der Waals surface area contributed by atoms with Crippen molar-refractivity contribution >= 4 is 21.8 Å². The van der Waals surface area contributed by atoms with Crippen LogP contribution in [0.25, 0.3) is 22.4 Å². The minimum Gasteiger partial charge on any atom is -0.418 e. The summed E-state index contributed by atoms with van der Waals surface area (Å²) in [6.07, 6.45) is 21.5. The molecule has 0 unspecified atom stereocenters. The van der Waals surface area contributed by atoms with Crippen LogP contribution in [0.1, 0.15) is 65.2 Å². The molecule has 18 heteroatoms. The van der Waals surface area contributed by atoms with Gasteiger partial charge in [-0.2, -0.15) is 0 Å². The third-order valence-corrected chi connectivity index (χ3v) is 6.08. The number of aryl methyl sites for hydroxylation is 3. The van der Waals surface area contributed by atoms with Crippen LogP contribution >= 0.6 is 0 Å². The largest absolute Gasteiger partial charge is 0.673 e. The summed E-state index contributed by atoms with van der Waals surface area (Å²) in [5.74, 6) is 0. The highest BCUT2D eigenvalue weighted by Crippen LogP contribution is 2.20. The highest BCUT2D eigenvalue weighted by atomic mass is 19.5. The van der Waals surface area contributed by atoms with E-state index in [0.717, 1.165) is 13.1 Å². The van der Waals surface area contributed by atoms with Crippen molar-refractivity contribution in [1.82, 2.24) is 0 Å². The van der Waals surface area contributed by atoms with Gasteiger partial charge < -0.3 is 51.8 Å². The Kier molecular flexibility index (Phi) is 20.1. The van der Waals surface area contributed by atoms with Crippen LogP contribution in [0.2, 0.25) is 0 Å². The van der Waals surface area contributed by atoms with Gasteiger partial charge in [0.25, 0.3) is 0 Å². The van der Waals surface area contributed by atoms with E-state index in [1.165, 1.54) is 73.8 Å². The molecule has 3 rings (SSSR count). The second kappa shape index (κ2) is 21.6. The Morgan fingerprint density at radius 3 is 1.13 bits per heavy atom. The number of pyridine rings is 3. The zero-order valence-corrected chi connectivity index (χ0v) is 26.0. The molecule has 0 bridgehead atoms. The third-order valence-electron chi connectivity index (χ3n) is 6.08. The fraction of sp³-hybridized carbons (Fsp3) is 0.464. The summed E-state index contributed by atoms with van der Waals surface area (Å²) in [7, 11) is -15.9. The number of hydrogen-bond donors (Lipinski definition) is 0. The smallest absolute Gasteiger partial charge is 0.418 e. The maximum absolute atomic E-state index is 9.75. The lowest BCUT2D eigenvalue weighted by Gasteiger charge is -2.04. The summed E-state index contributed by atoms with van der Waals surface area (Å²) in [4.78, 5) is 0. The van der Waals surface area contributed by atoms with E-state index in [9.17, 15) is 51.8 Å². The monoisotopic (exact) mass is 679 g/mol. The predicted octanol–water partition coefficient (Wildman–Crippen LogP) is 9.48. The van der Waals surface area contributed by atoms with Crippen LogP contribution in [-0.4, -0.2) is 21.8 Å². The summed E-state index contributed by atoms with van der Waals surface area (Å²) in [5.41, 5.74) is 5.02. The fourth-order valence-corrected chi connectivity index (χ4v) is 4.10. The molecule has 0 radical (unpaired) electrons. The minimum atomic E-state index is -6.00. The molecule has 0 aliphatic rings. The maximum Gasteiger partial charge on any atom is 0.673 e. The lowest BCUT2D eigenvalue weighted by molar-refractivity contribution is -0.697. The van der Waals surface area contributed by atoms with Gasteiger partial charge in [0.05, 0.1) is 5.56 Å². The third kappa shape index (κ3) is 26.1. The number of aromatic nitrogens is 3. The van der Waals surface area contributed by atoms with Crippen LogP contribution < -0.4 is 13.7 Å². The van der Waals surface area contributed by atoms with Crippen molar-refractivity contribution in [3.8, 4) is 22.4 Å². The van der Waals surface area contributed by atoms with Gasteiger partial charge in [0.2, 0.25) is 5.69 Å². The van der Waals surface area contributed by atoms with E-state index in [0.29, 0.717) is 0 Å². The van der Waals surface area contributed by atoms with E-state index in [2.05, 4.69) is 102 Å². The van der Waals surface area contributed by atoms with Crippen molar-refractivity contribution in [2.45, 2.75) is 78.3 Å². The quantitative estimate of drug-likeness (QED) is 0.0783. The van der Waals surface area contributed by atoms with Gasteiger partial charge in [0, 0.05) is 48.7 Å². The van der Waals surface area contributed by atoms with Gasteiger partial charge in [-0.05, 0) is 24.5 Å². The maximum atomic E-state index is 9.75. The van der Waals surface area contributed by atoms with E-state index in [1.54, 1.807) is 0 Å². The molecular weight excluding hydrogens is 639 g/mol. The van der Waals surface area contributed by atoms with Gasteiger partial charge in [0.15, 0.2) is 31.0 Å². The summed E-state index contributed by atoms with van der Waals surface area (Å²) >= 11 is 0. The molecule has 3 heterocycles. The highest BCUT2D eigenvalue weighted by Gasteiger charge is 2.21. The van der Waals surface area contributed by atoms with Gasteiger partial charge in [-0.1, -0.05) is 39.5 Å². The first-order chi connectivity index (χ1) is 21.2. The predicted molar refractivity (Wildman–Crippen MR) is 158 cm³/mol. The first-order valence-corrected chi connectivity index (χ1v) is 14.8. The fourth-order valence-electron chi connectivity index (χ4n) is 4.10. The van der Waals surface area contributed by atoms with Crippen molar-refractivity contribution in [2.75, 3.05) is 0 Å². The number of halogens is 12. The number of rotatable bonds is 12. The van der Waals surface area contributed by atoms with E-state index in [4.69, 9.17) is 0 Å². The Morgan fingerprint density at radius 1 is 0.457 bits per heavy atom. The molecular formula is C28H40B3F12N3. The van der Waals surface area contributed by atoms with Crippen LogP contribution in [0, 0.1) is 0 Å². The van der Waals surface area contributed by atoms with Gasteiger partial charge in [-0.25, -0.2) is 13.7 Å². The minimum absolute atomic E-state index is 1.11. The molecule has 0 spiro atoms. The number of unbranched alkanes of at least 4 members (excludes halogenated alkanes) is 6. The lowest BCUT2D eigenvalue weighted by Crippen LogP contribution is -2.34. The van der Waals surface area contributed by atoms with Crippen LogP contribution in [0.3, 0.4) is 0 Å².